The van der Waals surface area contributed by atoms with E-state index in [2.05, 4.69) is 71.9 Å². The number of ether oxygens (including phenoxy) is 1. The number of allylic oxidation sites excluding steroid dienone is 4. The SMILES string of the molecule is CCC=CSCC1=CC=CC(C(=O)OC)C(N2CCC(CNCC(CC)NC(=O)C(C)C(C)C(C)C=NC)CC2)=C1. The molecule has 8 heteroatoms. The Kier molecular flexibility index (Phi) is 16.1. The lowest BCUT2D eigenvalue weighted by atomic mass is 9.85. The number of esters is 1. The van der Waals surface area contributed by atoms with Crippen LogP contribution >= 0.6 is 11.8 Å². The molecule has 5 atom stereocenters. The first-order valence-electron chi connectivity index (χ1n) is 15.4. The second kappa shape index (κ2) is 19.0. The van der Waals surface area contributed by atoms with Crippen molar-refractivity contribution in [1.29, 1.82) is 0 Å². The average molecular weight is 587 g/mol. The van der Waals surface area contributed by atoms with Crippen LogP contribution in [0.25, 0.3) is 0 Å². The van der Waals surface area contributed by atoms with Gasteiger partial charge in [-0.3, -0.25) is 9.59 Å². The summed E-state index contributed by atoms with van der Waals surface area (Å²) in [5.74, 6) is 1.40. The third-order valence-electron chi connectivity index (χ3n) is 8.46. The number of piperidine rings is 1. The largest absolute Gasteiger partial charge is 0.468 e. The summed E-state index contributed by atoms with van der Waals surface area (Å²) in [6.07, 6.45) is 16.4. The zero-order chi connectivity index (χ0) is 30.2. The fraction of sp³-hybridized carbons (Fsp3) is 0.667. The van der Waals surface area contributed by atoms with Crippen LogP contribution in [0.4, 0.5) is 0 Å². The summed E-state index contributed by atoms with van der Waals surface area (Å²) in [6, 6.07) is 0.117. The van der Waals surface area contributed by atoms with Crippen LogP contribution in [0, 0.1) is 29.6 Å². The van der Waals surface area contributed by atoms with Crippen LogP contribution in [0.1, 0.15) is 60.3 Å². The lowest BCUT2D eigenvalue weighted by molar-refractivity contribution is -0.143. The van der Waals surface area contributed by atoms with Gasteiger partial charge in [-0.05, 0) is 67.0 Å². The highest BCUT2D eigenvalue weighted by atomic mass is 32.2. The van der Waals surface area contributed by atoms with Crippen LogP contribution in [-0.2, 0) is 14.3 Å². The second-order valence-electron chi connectivity index (χ2n) is 11.4. The molecule has 0 saturated carbocycles. The lowest BCUT2D eigenvalue weighted by Crippen LogP contribution is -2.46. The highest BCUT2D eigenvalue weighted by molar-refractivity contribution is 8.02. The molecule has 0 bridgehead atoms. The van der Waals surface area contributed by atoms with E-state index in [1.54, 1.807) is 18.8 Å². The molecule has 1 saturated heterocycles. The fourth-order valence-corrected chi connectivity index (χ4v) is 6.08. The molecule has 2 N–H and O–H groups in total. The van der Waals surface area contributed by atoms with Crippen LogP contribution in [0.15, 0.2) is 52.1 Å². The van der Waals surface area contributed by atoms with Gasteiger partial charge in [-0.25, -0.2) is 0 Å². The van der Waals surface area contributed by atoms with E-state index in [1.807, 2.05) is 25.3 Å². The van der Waals surface area contributed by atoms with E-state index in [4.69, 9.17) is 4.74 Å². The first kappa shape index (κ1) is 34.9. The molecule has 0 spiro atoms. The minimum Gasteiger partial charge on any atom is -0.468 e. The Labute approximate surface area is 253 Å². The summed E-state index contributed by atoms with van der Waals surface area (Å²) in [6.45, 7) is 14.0. The maximum absolute atomic E-state index is 12.9. The van der Waals surface area contributed by atoms with Crippen LogP contribution in [-0.4, -0.2) is 75.1 Å². The lowest BCUT2D eigenvalue weighted by Gasteiger charge is -2.37. The average Bonchev–Trinajstić information content (AvgIpc) is 3.20. The summed E-state index contributed by atoms with van der Waals surface area (Å²) in [4.78, 5) is 32.1. The summed E-state index contributed by atoms with van der Waals surface area (Å²) < 4.78 is 5.16. The molecule has 41 heavy (non-hydrogen) atoms. The van der Waals surface area contributed by atoms with Gasteiger partial charge in [0.2, 0.25) is 5.91 Å². The quantitative estimate of drug-likeness (QED) is 0.181. The number of likely N-dealkylation sites (tertiary alicyclic amines) is 1. The van der Waals surface area contributed by atoms with Crippen molar-refractivity contribution < 1.29 is 14.3 Å². The van der Waals surface area contributed by atoms with Crippen molar-refractivity contribution in [3.63, 3.8) is 0 Å². The number of carbonyl (C=O) groups is 2. The number of aliphatic imine (C=N–C) groups is 1. The molecule has 7 nitrogen and oxygen atoms in total. The molecular formula is C33H54N4O3S. The summed E-state index contributed by atoms with van der Waals surface area (Å²) in [5.41, 5.74) is 2.25. The molecule has 5 unspecified atom stereocenters. The minimum atomic E-state index is -0.379. The van der Waals surface area contributed by atoms with Crippen molar-refractivity contribution in [2.24, 2.45) is 34.6 Å². The first-order valence-corrected chi connectivity index (χ1v) is 16.4. The maximum atomic E-state index is 12.9. The molecule has 1 aliphatic heterocycles. The Hall–Kier alpha value is -2.32. The highest BCUT2D eigenvalue weighted by Gasteiger charge is 2.30. The number of hydrogen-bond acceptors (Lipinski definition) is 7. The van der Waals surface area contributed by atoms with E-state index in [0.29, 0.717) is 5.92 Å². The summed E-state index contributed by atoms with van der Waals surface area (Å²) in [7, 11) is 3.24. The van der Waals surface area contributed by atoms with Gasteiger partial charge in [-0.15, -0.1) is 11.8 Å². The van der Waals surface area contributed by atoms with Crippen molar-refractivity contribution in [2.45, 2.75) is 66.3 Å². The number of nitrogens with one attached hydrogen (secondary N) is 2. The molecule has 1 amide bonds. The molecule has 1 fully saturated rings. The third-order valence-corrected chi connectivity index (χ3v) is 9.34. The predicted octanol–water partition coefficient (Wildman–Crippen LogP) is 5.62. The van der Waals surface area contributed by atoms with Gasteiger partial charge in [0.05, 0.1) is 7.11 Å². The molecule has 0 aromatic rings. The van der Waals surface area contributed by atoms with Crippen molar-refractivity contribution in [3.8, 4) is 0 Å². The standard InChI is InChI=1S/C33H54N4O3S/c1-8-10-18-41-23-28-12-11-13-30(33(39)40-7)31(19-28)37-16-14-27(15-17-37)21-35-22-29(9-2)36-32(38)26(5)25(4)24(3)20-34-6/h10-13,18-20,24-27,29-30,35H,8-9,14-17,21-23H2,1-7H3,(H,36,38). The number of amides is 1. The topological polar surface area (TPSA) is 83.0 Å². The van der Waals surface area contributed by atoms with Gasteiger partial charge in [-0.2, -0.15) is 0 Å². The number of hydrogen-bond donors (Lipinski definition) is 2. The molecule has 230 valence electrons. The van der Waals surface area contributed by atoms with Crippen LogP contribution in [0.2, 0.25) is 0 Å². The van der Waals surface area contributed by atoms with Gasteiger partial charge in [0.15, 0.2) is 0 Å². The molecule has 2 rings (SSSR count). The molecule has 0 aromatic carbocycles. The van der Waals surface area contributed by atoms with Crippen molar-refractivity contribution in [2.75, 3.05) is 46.1 Å². The van der Waals surface area contributed by atoms with Crippen molar-refractivity contribution in [3.05, 3.63) is 47.1 Å². The third kappa shape index (κ3) is 11.5. The highest BCUT2D eigenvalue weighted by Crippen LogP contribution is 2.29. The van der Waals surface area contributed by atoms with Crippen LogP contribution in [0.3, 0.4) is 0 Å². The summed E-state index contributed by atoms with van der Waals surface area (Å²) in [5, 5.41) is 9.04. The number of thioether (sulfide) groups is 1. The zero-order valence-electron chi connectivity index (χ0n) is 26.4. The Morgan fingerprint density at radius 3 is 2.59 bits per heavy atom. The number of nitrogens with zero attached hydrogens (tertiary/aromatic N) is 2. The zero-order valence-corrected chi connectivity index (χ0v) is 27.2. The molecular weight excluding hydrogens is 532 g/mol. The van der Waals surface area contributed by atoms with Gasteiger partial charge < -0.3 is 25.3 Å². The predicted molar refractivity (Wildman–Crippen MR) is 174 cm³/mol. The van der Waals surface area contributed by atoms with E-state index in [-0.39, 0.29) is 41.6 Å². The van der Waals surface area contributed by atoms with E-state index >= 15 is 0 Å². The minimum absolute atomic E-state index is 0.0647. The number of methoxy groups -OCH3 is 1. The van der Waals surface area contributed by atoms with Gasteiger partial charge in [-0.1, -0.05) is 58.9 Å². The van der Waals surface area contributed by atoms with Crippen molar-refractivity contribution >= 4 is 29.9 Å². The van der Waals surface area contributed by atoms with E-state index in [9.17, 15) is 9.59 Å². The normalized spacial score (nSPS) is 21.2. The number of carbonyl (C=O) groups excluding carboxylic acids is 2. The second-order valence-corrected chi connectivity index (χ2v) is 12.3. The maximum Gasteiger partial charge on any atom is 0.318 e. The molecule has 2 aliphatic rings. The Morgan fingerprint density at radius 1 is 1.22 bits per heavy atom. The van der Waals surface area contributed by atoms with Crippen molar-refractivity contribution in [1.82, 2.24) is 15.5 Å². The van der Waals surface area contributed by atoms with Crippen LogP contribution in [0.5, 0.6) is 0 Å². The van der Waals surface area contributed by atoms with E-state index in [0.717, 1.165) is 63.3 Å². The Morgan fingerprint density at radius 2 is 1.95 bits per heavy atom. The van der Waals surface area contributed by atoms with E-state index < -0.39 is 0 Å². The molecule has 0 radical (unpaired) electrons. The summed E-state index contributed by atoms with van der Waals surface area (Å²) >= 11 is 1.78. The fourth-order valence-electron chi connectivity index (χ4n) is 5.28. The Bertz CT molecular complexity index is 966. The molecule has 1 aliphatic carbocycles. The Balaban J connectivity index is 1.89. The number of rotatable bonds is 16. The van der Waals surface area contributed by atoms with Gasteiger partial charge >= 0.3 is 5.97 Å². The molecule has 1 heterocycles. The smallest absolute Gasteiger partial charge is 0.318 e. The first-order chi connectivity index (χ1) is 19.7. The van der Waals surface area contributed by atoms with Crippen LogP contribution < -0.4 is 10.6 Å². The monoisotopic (exact) mass is 586 g/mol. The van der Waals surface area contributed by atoms with E-state index in [1.165, 1.54) is 12.7 Å². The van der Waals surface area contributed by atoms with Gasteiger partial charge in [0.25, 0.3) is 0 Å². The van der Waals surface area contributed by atoms with Gasteiger partial charge in [0.1, 0.15) is 5.92 Å². The van der Waals surface area contributed by atoms with Gasteiger partial charge in [0, 0.05) is 56.3 Å². The molecule has 0 aromatic heterocycles.